The summed E-state index contributed by atoms with van der Waals surface area (Å²) in [7, 11) is 3.14. The van der Waals surface area contributed by atoms with Crippen molar-refractivity contribution in [2.24, 2.45) is 56.7 Å². The van der Waals surface area contributed by atoms with E-state index in [1.54, 1.807) is 5.57 Å². The van der Waals surface area contributed by atoms with Gasteiger partial charge in [0.05, 0.1) is 6.61 Å². The van der Waals surface area contributed by atoms with Gasteiger partial charge in [-0.2, -0.15) is 0 Å². The van der Waals surface area contributed by atoms with Crippen LogP contribution in [0.1, 0.15) is 145 Å². The van der Waals surface area contributed by atoms with Crippen LogP contribution in [0.3, 0.4) is 0 Å². The molecule has 5 fully saturated rings. The van der Waals surface area contributed by atoms with Gasteiger partial charge in [-0.1, -0.05) is 98.8 Å². The maximum absolute atomic E-state index is 5.45. The van der Waals surface area contributed by atoms with Gasteiger partial charge < -0.3 is 4.52 Å². The highest BCUT2D eigenvalue weighted by molar-refractivity contribution is 8.00. The van der Waals surface area contributed by atoms with Gasteiger partial charge in [-0.15, -0.1) is 0 Å². The van der Waals surface area contributed by atoms with Gasteiger partial charge in [-0.25, -0.2) is 0 Å². The fourth-order valence-electron chi connectivity index (χ4n) is 12.8. The predicted molar refractivity (Wildman–Crippen MR) is 189 cm³/mol. The Hall–Kier alpha value is 0.0400. The summed E-state index contributed by atoms with van der Waals surface area (Å²) < 4.78 is 5.45. The Morgan fingerprint density at radius 3 is 2.24 bits per heavy atom. The van der Waals surface area contributed by atoms with Crippen molar-refractivity contribution in [1.29, 1.82) is 0 Å². The normalized spacial score (nSPS) is 43.7. The molecule has 0 aromatic rings. The Kier molecular flexibility index (Phi) is 9.81. The second-order valence-corrected chi connectivity index (χ2v) is 19.1. The average Bonchev–Trinajstić information content (AvgIpc) is 3.43. The molecule has 0 heterocycles. The molecule has 42 heavy (non-hydrogen) atoms. The first kappa shape index (κ1) is 33.4. The molecule has 10 unspecified atom stereocenters. The van der Waals surface area contributed by atoms with E-state index >= 15 is 0 Å². The zero-order valence-corrected chi connectivity index (χ0v) is 31.0. The van der Waals surface area contributed by atoms with Crippen molar-refractivity contribution in [1.82, 2.24) is 0 Å². The number of rotatable bonds is 6. The molecule has 0 N–H and O–H groups in total. The Morgan fingerprint density at radius 2 is 1.60 bits per heavy atom. The third-order valence-electron chi connectivity index (χ3n) is 14.7. The van der Waals surface area contributed by atoms with Crippen molar-refractivity contribution in [2.45, 2.75) is 145 Å². The van der Waals surface area contributed by atoms with E-state index in [9.17, 15) is 0 Å². The number of fused-ring (bicyclic) bond motifs is 4. The molecule has 0 amide bonds. The second-order valence-electron chi connectivity index (χ2n) is 17.9. The molecule has 6 rings (SSSR count). The molecule has 0 aromatic carbocycles. The van der Waals surface area contributed by atoms with Crippen LogP contribution in [0.15, 0.2) is 35.5 Å². The van der Waals surface area contributed by atoms with Crippen LogP contribution in [0, 0.1) is 56.7 Å². The lowest BCUT2D eigenvalue weighted by atomic mass is 9.43. The van der Waals surface area contributed by atoms with Crippen LogP contribution < -0.4 is 0 Å². The lowest BCUT2D eigenvalue weighted by Gasteiger charge is -2.61. The lowest BCUT2D eigenvalue weighted by Crippen LogP contribution is -2.53. The monoisotopic (exact) mass is 612 g/mol. The molecule has 1 nitrogen and oxygen atoms in total. The first-order valence-electron chi connectivity index (χ1n) is 17.8. The minimum Gasteiger partial charge on any atom is -0.354 e. The molecule has 3 heteroatoms. The molecule has 2 bridgehead atoms. The average molecular weight is 613 g/mol. The van der Waals surface area contributed by atoms with E-state index in [4.69, 9.17) is 4.52 Å². The molecule has 0 radical (unpaired) electrons. The lowest BCUT2D eigenvalue weighted by molar-refractivity contribution is -0.108. The van der Waals surface area contributed by atoms with E-state index in [0.717, 1.165) is 30.3 Å². The summed E-state index contributed by atoms with van der Waals surface area (Å²) in [6, 6.07) is 0. The fraction of sp³-hybridized carbons (Fsp3) is 0.846. The molecule has 5 saturated carbocycles. The van der Waals surface area contributed by atoms with Gasteiger partial charge in [-0.3, -0.25) is 0 Å². The van der Waals surface area contributed by atoms with E-state index in [1.807, 2.05) is 0 Å². The quantitative estimate of drug-likeness (QED) is 0.165. The minimum atomic E-state index is 0.468. The Balaban J connectivity index is 0.000000170. The molecule has 238 valence electrons. The van der Waals surface area contributed by atoms with Crippen molar-refractivity contribution in [2.75, 3.05) is 6.61 Å². The van der Waals surface area contributed by atoms with Crippen LogP contribution in [0.25, 0.3) is 0 Å². The number of hydrogen-bond acceptors (Lipinski definition) is 1. The smallest absolute Gasteiger partial charge is 0.0693 e. The molecule has 6 aliphatic rings. The van der Waals surface area contributed by atoms with Crippen LogP contribution >= 0.6 is 17.4 Å². The van der Waals surface area contributed by atoms with E-state index in [2.05, 4.69) is 83.0 Å². The van der Waals surface area contributed by atoms with E-state index in [1.165, 1.54) is 101 Å². The third kappa shape index (κ3) is 5.98. The summed E-state index contributed by atoms with van der Waals surface area (Å²) in [4.78, 5) is 0. The Labute approximate surface area is 265 Å². The fourth-order valence-corrected chi connectivity index (χ4v) is 13.3. The zero-order chi connectivity index (χ0) is 30.6. The highest BCUT2D eigenvalue weighted by Gasteiger charge is 2.63. The minimum absolute atomic E-state index is 0.468. The summed E-state index contributed by atoms with van der Waals surface area (Å²) >= 11 is 0. The van der Waals surface area contributed by atoms with Crippen molar-refractivity contribution < 1.29 is 4.52 Å². The molecule has 0 aliphatic heterocycles. The van der Waals surface area contributed by atoms with Gasteiger partial charge in [0, 0.05) is 8.50 Å². The zero-order valence-electron chi connectivity index (χ0n) is 28.8. The molecule has 10 atom stereocenters. The first-order chi connectivity index (χ1) is 19.7. The van der Waals surface area contributed by atoms with E-state index in [-0.39, 0.29) is 0 Å². The highest BCUT2D eigenvalue weighted by atomic mass is 32.0. The molecule has 0 aromatic heterocycles. The van der Waals surface area contributed by atoms with Crippen LogP contribution in [-0.2, 0) is 4.52 Å². The summed E-state index contributed by atoms with van der Waals surface area (Å²) in [5.74, 6) is 4.51. The van der Waals surface area contributed by atoms with Gasteiger partial charge >= 0.3 is 0 Å². The first-order valence-corrected chi connectivity index (χ1v) is 20.5. The standard InChI is InChI=1S/C20H36OP2.C19H30/c1-15(11-14-21-23-22)7-9-17-16(2)8-10-18-19(3,4)12-6-13-20(17,18)5;1-13-11-19-9-6-15-17(2,3)7-5-8-18(15,4)16(19)10-14(13)12-19/h11,17-18,23H,2,6-10,12-14,22H2,1,3-5H3;11,14-16H,5-10,12H2,1-4H3/b15-11-;. The molecular formula is C39H66OP2. The van der Waals surface area contributed by atoms with Crippen LogP contribution in [0.4, 0.5) is 0 Å². The van der Waals surface area contributed by atoms with Crippen molar-refractivity contribution in [3.63, 3.8) is 0 Å². The van der Waals surface area contributed by atoms with Gasteiger partial charge in [0.1, 0.15) is 0 Å². The van der Waals surface area contributed by atoms with Gasteiger partial charge in [-0.05, 0) is 148 Å². The summed E-state index contributed by atoms with van der Waals surface area (Å²) in [6.45, 7) is 25.3. The Bertz CT molecular complexity index is 1070. The van der Waals surface area contributed by atoms with Crippen molar-refractivity contribution in [3.05, 3.63) is 35.5 Å². The van der Waals surface area contributed by atoms with Gasteiger partial charge in [0.25, 0.3) is 0 Å². The van der Waals surface area contributed by atoms with Gasteiger partial charge in [0.2, 0.25) is 0 Å². The second kappa shape index (κ2) is 12.3. The highest BCUT2D eigenvalue weighted by Crippen LogP contribution is 2.72. The molecule has 0 saturated heterocycles. The topological polar surface area (TPSA) is 9.23 Å². The van der Waals surface area contributed by atoms with Crippen LogP contribution in [0.5, 0.6) is 0 Å². The number of allylic oxidation sites excluding steroid dienone is 4. The molecule has 6 aliphatic carbocycles. The largest absolute Gasteiger partial charge is 0.354 e. The van der Waals surface area contributed by atoms with Crippen LogP contribution in [-0.4, -0.2) is 6.61 Å². The van der Waals surface area contributed by atoms with E-state index in [0.29, 0.717) is 41.5 Å². The van der Waals surface area contributed by atoms with Crippen molar-refractivity contribution >= 4 is 17.4 Å². The SMILES string of the molecule is C=C1CCC2C(C)(C)CCCC2(C)C1CC/C(C)=C\COPP.CC1=CC23CCC4C(C)(C)CCCC4(C)C2CC1C3. The van der Waals surface area contributed by atoms with Crippen LogP contribution in [0.2, 0.25) is 0 Å². The summed E-state index contributed by atoms with van der Waals surface area (Å²) in [5, 5.41) is 0. The van der Waals surface area contributed by atoms with Gasteiger partial charge in [0.15, 0.2) is 0 Å². The maximum Gasteiger partial charge on any atom is 0.0693 e. The number of hydrogen-bond donors (Lipinski definition) is 0. The Morgan fingerprint density at radius 1 is 0.952 bits per heavy atom. The maximum atomic E-state index is 5.45. The van der Waals surface area contributed by atoms with E-state index < -0.39 is 0 Å². The summed E-state index contributed by atoms with van der Waals surface area (Å²) in [5.41, 5.74) is 7.57. The molecular weight excluding hydrogens is 546 g/mol. The molecule has 1 spiro atoms. The van der Waals surface area contributed by atoms with Crippen molar-refractivity contribution in [3.8, 4) is 0 Å². The predicted octanol–water partition coefficient (Wildman–Crippen LogP) is 12.5. The third-order valence-corrected chi connectivity index (χ3v) is 15.5. The summed E-state index contributed by atoms with van der Waals surface area (Å²) in [6.07, 6.45) is 24.7.